The molecule has 2 atom stereocenters. The van der Waals surface area contributed by atoms with Crippen LogP contribution in [0.1, 0.15) is 31.7 Å². The molecule has 0 N–H and O–H groups in total. The summed E-state index contributed by atoms with van der Waals surface area (Å²) in [7, 11) is 0. The fraction of sp³-hybridized carbons (Fsp3) is 0.533. The molecule has 6 heteroatoms. The molecule has 21 heavy (non-hydrogen) atoms. The Kier molecular flexibility index (Phi) is 3.63. The quantitative estimate of drug-likeness (QED) is 0.619. The average molecular weight is 290 g/mol. The standard InChI is InChI=1S/C15H18N2O4/c1-10-7-8-14(21-10)15(18)16-9-3-4-11-12(16)5-2-6-13(11)17(19)20/h2,5-6,10,14H,3-4,7-9H2,1H3/t10-,14-/m0/s1. The highest BCUT2D eigenvalue weighted by molar-refractivity contribution is 5.98. The normalized spacial score (nSPS) is 24.7. The maximum absolute atomic E-state index is 12.6. The lowest BCUT2D eigenvalue weighted by Gasteiger charge is -2.31. The maximum atomic E-state index is 12.6. The summed E-state index contributed by atoms with van der Waals surface area (Å²) in [5, 5.41) is 11.1. The predicted octanol–water partition coefficient (Wildman–Crippen LogP) is 2.44. The number of fused-ring (bicyclic) bond motifs is 1. The van der Waals surface area contributed by atoms with Crippen LogP contribution in [-0.4, -0.2) is 29.6 Å². The Morgan fingerprint density at radius 1 is 1.43 bits per heavy atom. The molecule has 3 rings (SSSR count). The number of amides is 1. The zero-order valence-electron chi connectivity index (χ0n) is 11.9. The molecule has 0 saturated carbocycles. The number of nitro benzene ring substituents is 1. The Bertz CT molecular complexity index is 587. The molecule has 2 aliphatic heterocycles. The number of nitro groups is 1. The fourth-order valence-electron chi connectivity index (χ4n) is 3.16. The van der Waals surface area contributed by atoms with Gasteiger partial charge >= 0.3 is 0 Å². The minimum absolute atomic E-state index is 0.0687. The van der Waals surface area contributed by atoms with Crippen LogP contribution in [0, 0.1) is 10.1 Å². The first-order chi connectivity index (χ1) is 10.1. The molecule has 0 bridgehead atoms. The number of carbonyl (C=O) groups excluding carboxylic acids is 1. The molecule has 0 aliphatic carbocycles. The smallest absolute Gasteiger partial charge is 0.274 e. The van der Waals surface area contributed by atoms with Gasteiger partial charge in [-0.3, -0.25) is 14.9 Å². The monoisotopic (exact) mass is 290 g/mol. The van der Waals surface area contributed by atoms with E-state index in [0.29, 0.717) is 24.2 Å². The highest BCUT2D eigenvalue weighted by Gasteiger charge is 2.35. The second kappa shape index (κ2) is 5.44. The fourth-order valence-corrected chi connectivity index (χ4v) is 3.16. The van der Waals surface area contributed by atoms with Gasteiger partial charge in [-0.15, -0.1) is 0 Å². The molecule has 2 aliphatic rings. The Labute approximate surface area is 122 Å². The molecule has 0 unspecified atom stereocenters. The third kappa shape index (κ3) is 2.51. The van der Waals surface area contributed by atoms with E-state index in [1.165, 1.54) is 6.07 Å². The third-order valence-corrected chi connectivity index (χ3v) is 4.20. The van der Waals surface area contributed by atoms with Gasteiger partial charge in [0.15, 0.2) is 0 Å². The Hall–Kier alpha value is -1.95. The Morgan fingerprint density at radius 3 is 2.90 bits per heavy atom. The van der Waals surface area contributed by atoms with Crippen molar-refractivity contribution in [3.05, 3.63) is 33.9 Å². The lowest BCUT2D eigenvalue weighted by Crippen LogP contribution is -2.42. The number of hydrogen-bond donors (Lipinski definition) is 0. The van der Waals surface area contributed by atoms with Crippen molar-refractivity contribution in [2.24, 2.45) is 0 Å². The summed E-state index contributed by atoms with van der Waals surface area (Å²) in [6.45, 7) is 2.56. The molecule has 0 spiro atoms. The van der Waals surface area contributed by atoms with Crippen LogP contribution in [0.5, 0.6) is 0 Å². The van der Waals surface area contributed by atoms with Gasteiger partial charge in [0.05, 0.1) is 22.3 Å². The second-order valence-corrected chi connectivity index (χ2v) is 5.64. The van der Waals surface area contributed by atoms with Gasteiger partial charge in [0, 0.05) is 12.6 Å². The van der Waals surface area contributed by atoms with Gasteiger partial charge < -0.3 is 9.64 Å². The van der Waals surface area contributed by atoms with Crippen molar-refractivity contribution < 1.29 is 14.5 Å². The summed E-state index contributed by atoms with van der Waals surface area (Å²) in [5.41, 5.74) is 1.43. The first kappa shape index (κ1) is 14.0. The van der Waals surface area contributed by atoms with E-state index >= 15 is 0 Å². The van der Waals surface area contributed by atoms with E-state index in [4.69, 9.17) is 4.74 Å². The van der Waals surface area contributed by atoms with Crippen LogP contribution in [0.15, 0.2) is 18.2 Å². The third-order valence-electron chi connectivity index (χ3n) is 4.20. The van der Waals surface area contributed by atoms with Crippen LogP contribution in [-0.2, 0) is 16.0 Å². The van der Waals surface area contributed by atoms with Crippen LogP contribution >= 0.6 is 0 Å². The molecular formula is C15H18N2O4. The zero-order valence-corrected chi connectivity index (χ0v) is 11.9. The first-order valence-corrected chi connectivity index (χ1v) is 7.31. The van der Waals surface area contributed by atoms with Crippen molar-refractivity contribution >= 4 is 17.3 Å². The summed E-state index contributed by atoms with van der Waals surface area (Å²) in [5.74, 6) is -0.0687. The van der Waals surface area contributed by atoms with E-state index < -0.39 is 6.10 Å². The van der Waals surface area contributed by atoms with Gasteiger partial charge in [-0.05, 0) is 38.7 Å². The van der Waals surface area contributed by atoms with Crippen molar-refractivity contribution in [3.8, 4) is 0 Å². The van der Waals surface area contributed by atoms with Crippen LogP contribution in [0.3, 0.4) is 0 Å². The molecule has 1 amide bonds. The topological polar surface area (TPSA) is 72.7 Å². The van der Waals surface area contributed by atoms with Crippen molar-refractivity contribution in [2.45, 2.75) is 44.8 Å². The highest BCUT2D eigenvalue weighted by Crippen LogP contribution is 2.35. The summed E-state index contributed by atoms with van der Waals surface area (Å²) >= 11 is 0. The summed E-state index contributed by atoms with van der Waals surface area (Å²) < 4.78 is 5.64. The van der Waals surface area contributed by atoms with E-state index in [1.54, 1.807) is 17.0 Å². The number of carbonyl (C=O) groups is 1. The molecule has 0 radical (unpaired) electrons. The average Bonchev–Trinajstić information content (AvgIpc) is 2.91. The number of rotatable bonds is 2. The van der Waals surface area contributed by atoms with Gasteiger partial charge in [0.1, 0.15) is 6.10 Å². The molecular weight excluding hydrogens is 272 g/mol. The van der Waals surface area contributed by atoms with Crippen molar-refractivity contribution in [1.82, 2.24) is 0 Å². The first-order valence-electron chi connectivity index (χ1n) is 7.31. The SMILES string of the molecule is C[C@H]1CC[C@@H](C(=O)N2CCCc3c2cccc3[N+](=O)[O-])O1. The molecule has 1 aromatic rings. The molecule has 6 nitrogen and oxygen atoms in total. The Morgan fingerprint density at radius 2 is 2.24 bits per heavy atom. The van der Waals surface area contributed by atoms with Crippen LogP contribution in [0.25, 0.3) is 0 Å². The van der Waals surface area contributed by atoms with E-state index in [0.717, 1.165) is 19.3 Å². The second-order valence-electron chi connectivity index (χ2n) is 5.64. The predicted molar refractivity (Wildman–Crippen MR) is 77.3 cm³/mol. The molecule has 1 saturated heterocycles. The van der Waals surface area contributed by atoms with Crippen LogP contribution in [0.2, 0.25) is 0 Å². The van der Waals surface area contributed by atoms with Gasteiger partial charge in [-0.1, -0.05) is 6.07 Å². The summed E-state index contributed by atoms with van der Waals surface area (Å²) in [6.07, 6.45) is 2.68. The molecule has 2 heterocycles. The van der Waals surface area contributed by atoms with Crippen LogP contribution in [0.4, 0.5) is 11.4 Å². The van der Waals surface area contributed by atoms with Crippen molar-refractivity contribution in [3.63, 3.8) is 0 Å². The van der Waals surface area contributed by atoms with Crippen LogP contribution < -0.4 is 4.90 Å². The number of ether oxygens (including phenoxy) is 1. The molecule has 1 fully saturated rings. The Balaban J connectivity index is 1.92. The summed E-state index contributed by atoms with van der Waals surface area (Å²) in [4.78, 5) is 25.0. The van der Waals surface area contributed by atoms with E-state index in [-0.39, 0.29) is 22.6 Å². The van der Waals surface area contributed by atoms with Gasteiger partial charge in [-0.25, -0.2) is 0 Å². The van der Waals surface area contributed by atoms with E-state index in [2.05, 4.69) is 0 Å². The van der Waals surface area contributed by atoms with Gasteiger partial charge in [-0.2, -0.15) is 0 Å². The largest absolute Gasteiger partial charge is 0.365 e. The highest BCUT2D eigenvalue weighted by atomic mass is 16.6. The number of hydrogen-bond acceptors (Lipinski definition) is 4. The van der Waals surface area contributed by atoms with E-state index in [1.807, 2.05) is 6.92 Å². The number of anilines is 1. The molecule has 1 aromatic carbocycles. The van der Waals surface area contributed by atoms with Crippen molar-refractivity contribution in [2.75, 3.05) is 11.4 Å². The van der Waals surface area contributed by atoms with Gasteiger partial charge in [0.2, 0.25) is 0 Å². The summed E-state index contributed by atoms with van der Waals surface area (Å²) in [6, 6.07) is 4.93. The molecule has 0 aromatic heterocycles. The zero-order chi connectivity index (χ0) is 15.0. The van der Waals surface area contributed by atoms with Crippen molar-refractivity contribution in [1.29, 1.82) is 0 Å². The lowest BCUT2D eigenvalue weighted by atomic mass is 9.99. The number of nitrogens with zero attached hydrogens (tertiary/aromatic N) is 2. The number of benzene rings is 1. The maximum Gasteiger partial charge on any atom is 0.274 e. The minimum Gasteiger partial charge on any atom is -0.365 e. The van der Waals surface area contributed by atoms with E-state index in [9.17, 15) is 14.9 Å². The molecule has 112 valence electrons. The lowest BCUT2D eigenvalue weighted by molar-refractivity contribution is -0.385. The minimum atomic E-state index is -0.412. The van der Waals surface area contributed by atoms with Gasteiger partial charge in [0.25, 0.3) is 11.6 Å².